The predicted molar refractivity (Wildman–Crippen MR) is 135 cm³/mol. The van der Waals surface area contributed by atoms with Crippen LogP contribution in [0.25, 0.3) is 0 Å². The summed E-state index contributed by atoms with van der Waals surface area (Å²) in [7, 11) is -4.15. The summed E-state index contributed by atoms with van der Waals surface area (Å²) in [5.41, 5.74) is 5.78. The lowest BCUT2D eigenvalue weighted by atomic mass is 10.1. The normalized spacial score (nSPS) is 18.1. The molecule has 0 radical (unpaired) electrons. The molecule has 0 bridgehead atoms. The van der Waals surface area contributed by atoms with E-state index in [2.05, 4.69) is 10.6 Å². The fraction of sp³-hybridized carbons (Fsp3) is 0.269. The van der Waals surface area contributed by atoms with Crippen molar-refractivity contribution >= 4 is 15.9 Å². The smallest absolute Gasteiger partial charge is 0.416 e. The largest absolute Gasteiger partial charge is 0.508 e. The molecule has 1 saturated heterocycles. The van der Waals surface area contributed by atoms with Gasteiger partial charge in [0.25, 0.3) is 0 Å². The average Bonchev–Trinajstić information content (AvgIpc) is 3.34. The predicted octanol–water partition coefficient (Wildman–Crippen LogP) is 2.83. The van der Waals surface area contributed by atoms with E-state index >= 15 is 0 Å². The monoisotopic (exact) mass is 548 g/mol. The maximum absolute atomic E-state index is 13.8. The Kier molecular flexibility index (Phi) is 8.07. The summed E-state index contributed by atoms with van der Waals surface area (Å²) < 4.78 is 68.1. The number of sulfonamides is 1. The third-order valence-electron chi connectivity index (χ3n) is 6.40. The Labute approximate surface area is 218 Å². The zero-order chi connectivity index (χ0) is 27.5. The number of alkyl halides is 3. The van der Waals surface area contributed by atoms with Crippen LogP contribution >= 0.6 is 0 Å². The van der Waals surface area contributed by atoms with Crippen LogP contribution in [0.4, 0.5) is 13.2 Å². The Bertz CT molecular complexity index is 1380. The number of halogens is 3. The van der Waals surface area contributed by atoms with Crippen LogP contribution in [0.5, 0.6) is 5.75 Å². The van der Waals surface area contributed by atoms with Crippen LogP contribution in [0.2, 0.25) is 0 Å². The van der Waals surface area contributed by atoms with Crippen molar-refractivity contribution in [2.45, 2.75) is 36.2 Å². The molecule has 5 N–H and O–H groups in total. The maximum atomic E-state index is 13.8. The number of amides is 1. The van der Waals surface area contributed by atoms with E-state index < -0.39 is 33.7 Å². The molecule has 4 rings (SSSR count). The highest BCUT2D eigenvalue weighted by molar-refractivity contribution is 7.89. The molecule has 0 spiro atoms. The van der Waals surface area contributed by atoms with Crippen molar-refractivity contribution < 1.29 is 31.5 Å². The van der Waals surface area contributed by atoms with Gasteiger partial charge in [0.2, 0.25) is 15.9 Å². The van der Waals surface area contributed by atoms with E-state index in [9.17, 15) is 31.5 Å². The maximum Gasteiger partial charge on any atom is 0.416 e. The molecule has 1 aliphatic rings. The van der Waals surface area contributed by atoms with Gasteiger partial charge in [0.15, 0.2) is 0 Å². The first-order valence-electron chi connectivity index (χ1n) is 11.7. The fourth-order valence-corrected chi connectivity index (χ4v) is 6.03. The van der Waals surface area contributed by atoms with Gasteiger partial charge in [0, 0.05) is 37.8 Å². The van der Waals surface area contributed by atoms with Gasteiger partial charge in [-0.25, -0.2) is 8.42 Å². The van der Waals surface area contributed by atoms with Gasteiger partial charge in [-0.05, 0) is 59.7 Å². The zero-order valence-electron chi connectivity index (χ0n) is 20.1. The molecule has 38 heavy (non-hydrogen) atoms. The lowest BCUT2D eigenvalue weighted by molar-refractivity contribution is -0.137. The third kappa shape index (κ3) is 6.33. The molecular weight excluding hydrogens is 521 g/mol. The zero-order valence-corrected chi connectivity index (χ0v) is 21.0. The van der Waals surface area contributed by atoms with Gasteiger partial charge in [0.05, 0.1) is 16.5 Å². The van der Waals surface area contributed by atoms with Crippen molar-refractivity contribution in [3.8, 4) is 5.75 Å². The van der Waals surface area contributed by atoms with Gasteiger partial charge in [-0.15, -0.1) is 0 Å². The van der Waals surface area contributed by atoms with Gasteiger partial charge in [0.1, 0.15) is 5.75 Å². The molecule has 0 saturated carbocycles. The van der Waals surface area contributed by atoms with Crippen LogP contribution in [0.15, 0.2) is 77.7 Å². The molecule has 3 aromatic rings. The number of nitrogens with one attached hydrogen (secondary N) is 2. The van der Waals surface area contributed by atoms with Gasteiger partial charge in [-0.3, -0.25) is 4.79 Å². The van der Waals surface area contributed by atoms with E-state index in [1.165, 1.54) is 40.7 Å². The van der Waals surface area contributed by atoms with E-state index in [1.807, 2.05) is 6.07 Å². The number of benzene rings is 3. The lowest BCUT2D eigenvalue weighted by Crippen LogP contribution is -2.51. The molecule has 3 aromatic carbocycles. The molecule has 1 amide bonds. The first-order valence-corrected chi connectivity index (χ1v) is 13.2. The summed E-state index contributed by atoms with van der Waals surface area (Å²) in [6.45, 7) is 0.938. The van der Waals surface area contributed by atoms with Crippen molar-refractivity contribution in [2.24, 2.45) is 5.73 Å². The molecule has 1 fully saturated rings. The van der Waals surface area contributed by atoms with E-state index in [1.54, 1.807) is 18.2 Å². The summed E-state index contributed by atoms with van der Waals surface area (Å²) in [4.78, 5) is 11.4. The Balaban J connectivity index is 1.64. The highest BCUT2D eigenvalue weighted by Crippen LogP contribution is 2.30. The second-order valence-corrected chi connectivity index (χ2v) is 10.9. The highest BCUT2D eigenvalue weighted by atomic mass is 32.2. The number of nitrogens with two attached hydrogens (primary N) is 1. The summed E-state index contributed by atoms with van der Waals surface area (Å²) in [5, 5.41) is 16.3. The second kappa shape index (κ2) is 11.1. The van der Waals surface area contributed by atoms with Crippen molar-refractivity contribution in [2.75, 3.05) is 13.1 Å². The molecule has 0 aliphatic carbocycles. The molecule has 1 heterocycles. The topological polar surface area (TPSA) is 125 Å². The molecule has 8 nitrogen and oxygen atoms in total. The number of primary amides is 1. The minimum absolute atomic E-state index is 0.0759. The summed E-state index contributed by atoms with van der Waals surface area (Å²) in [6, 6.07) is 15.3. The van der Waals surface area contributed by atoms with Gasteiger partial charge in [-0.2, -0.15) is 17.5 Å². The number of rotatable bonds is 9. The SMILES string of the molecule is NC(=O)c1ccc(S(=O)(=O)N(Cc2ccc(C(F)(F)F)cc2)[C@H]2CNC[C@@H]2NCc2cccc(O)c2)cc1. The van der Waals surface area contributed by atoms with Gasteiger partial charge in [-0.1, -0.05) is 24.3 Å². The molecule has 2 atom stereocenters. The van der Waals surface area contributed by atoms with Crippen LogP contribution in [0, 0.1) is 0 Å². The number of aromatic hydroxyl groups is 1. The Morgan fingerprint density at radius 3 is 2.32 bits per heavy atom. The van der Waals surface area contributed by atoms with Crippen molar-refractivity contribution in [3.05, 3.63) is 95.1 Å². The van der Waals surface area contributed by atoms with E-state index in [-0.39, 0.29) is 28.8 Å². The summed E-state index contributed by atoms with van der Waals surface area (Å²) in [5.74, 6) is -0.594. The number of hydrogen-bond donors (Lipinski definition) is 4. The average molecular weight is 549 g/mol. The van der Waals surface area contributed by atoms with Crippen molar-refractivity contribution in [1.29, 1.82) is 0 Å². The fourth-order valence-electron chi connectivity index (χ4n) is 4.38. The molecule has 0 aromatic heterocycles. The Morgan fingerprint density at radius 2 is 1.71 bits per heavy atom. The van der Waals surface area contributed by atoms with Gasteiger partial charge < -0.3 is 21.5 Å². The number of phenolic OH excluding ortho intramolecular Hbond substituents is 1. The number of phenols is 1. The molecule has 202 valence electrons. The van der Waals surface area contributed by atoms with Gasteiger partial charge >= 0.3 is 6.18 Å². The first-order chi connectivity index (χ1) is 17.9. The van der Waals surface area contributed by atoms with Crippen LogP contribution in [-0.4, -0.2) is 48.9 Å². The number of carbonyl (C=O) groups excluding carboxylic acids is 1. The number of hydrogen-bond acceptors (Lipinski definition) is 6. The lowest BCUT2D eigenvalue weighted by Gasteiger charge is -2.32. The van der Waals surface area contributed by atoms with Crippen LogP contribution < -0.4 is 16.4 Å². The molecule has 0 unspecified atom stereocenters. The quantitative estimate of drug-likeness (QED) is 0.326. The third-order valence-corrected chi connectivity index (χ3v) is 8.28. The number of nitrogens with zero attached hydrogens (tertiary/aromatic N) is 1. The second-order valence-electron chi connectivity index (χ2n) is 9.02. The highest BCUT2D eigenvalue weighted by Gasteiger charge is 2.39. The van der Waals surface area contributed by atoms with Crippen LogP contribution in [0.3, 0.4) is 0 Å². The Morgan fingerprint density at radius 1 is 1.03 bits per heavy atom. The standard InChI is InChI=1S/C26H27F3N4O4S/c27-26(28,29)20-8-4-17(5-9-20)16-33(38(36,37)22-10-6-19(7-11-22)25(30)35)24-15-31-14-23(24)32-13-18-2-1-3-21(34)12-18/h1-12,23-24,31-32,34H,13-16H2,(H2,30,35)/t23-,24-/m0/s1. The van der Waals surface area contributed by atoms with Crippen LogP contribution in [0.1, 0.15) is 27.0 Å². The minimum Gasteiger partial charge on any atom is -0.508 e. The van der Waals surface area contributed by atoms with E-state index in [4.69, 9.17) is 5.73 Å². The number of carbonyl (C=O) groups is 1. The Hall–Kier alpha value is -3.45. The first kappa shape index (κ1) is 27.6. The summed E-state index contributed by atoms with van der Waals surface area (Å²) >= 11 is 0. The minimum atomic E-state index is -4.51. The molecule has 12 heteroatoms. The van der Waals surface area contributed by atoms with Crippen molar-refractivity contribution in [3.63, 3.8) is 0 Å². The van der Waals surface area contributed by atoms with E-state index in [0.29, 0.717) is 25.2 Å². The van der Waals surface area contributed by atoms with Crippen LogP contribution in [-0.2, 0) is 29.3 Å². The summed E-state index contributed by atoms with van der Waals surface area (Å²) in [6.07, 6.45) is -4.51. The molecular formula is C26H27F3N4O4S. The van der Waals surface area contributed by atoms with E-state index in [0.717, 1.165) is 17.7 Å². The van der Waals surface area contributed by atoms with Crippen molar-refractivity contribution in [1.82, 2.24) is 14.9 Å². The molecule has 1 aliphatic heterocycles.